The molecule has 1 aliphatic rings. The van der Waals surface area contributed by atoms with Crippen LogP contribution in [0.3, 0.4) is 0 Å². The third kappa shape index (κ3) is 4.93. The molecule has 0 aliphatic heterocycles. The van der Waals surface area contributed by atoms with Crippen LogP contribution < -0.4 is 15.4 Å². The molecule has 2 N–H and O–H groups in total. The molecule has 1 aromatic rings. The van der Waals surface area contributed by atoms with Crippen molar-refractivity contribution >= 4 is 5.96 Å². The monoisotopic (exact) mass is 303 g/mol. The van der Waals surface area contributed by atoms with Gasteiger partial charge < -0.3 is 15.4 Å². The van der Waals surface area contributed by atoms with Crippen molar-refractivity contribution in [3.05, 3.63) is 29.3 Å². The first kappa shape index (κ1) is 16.7. The highest BCUT2D eigenvalue weighted by atomic mass is 16.5. The van der Waals surface area contributed by atoms with Gasteiger partial charge in [0.2, 0.25) is 0 Å². The van der Waals surface area contributed by atoms with E-state index in [1.165, 1.54) is 43.2 Å². The van der Waals surface area contributed by atoms with Crippen LogP contribution in [0.2, 0.25) is 0 Å². The topological polar surface area (TPSA) is 45.7 Å². The van der Waals surface area contributed by atoms with Crippen LogP contribution in [-0.2, 0) is 6.42 Å². The fraction of sp³-hybridized carbons (Fsp3) is 0.611. The van der Waals surface area contributed by atoms with E-state index in [2.05, 4.69) is 40.7 Å². The maximum Gasteiger partial charge on any atom is 0.191 e. The lowest BCUT2D eigenvalue weighted by atomic mass is 9.96. The van der Waals surface area contributed by atoms with Crippen LogP contribution in [0.15, 0.2) is 23.2 Å². The van der Waals surface area contributed by atoms with E-state index in [1.807, 2.05) is 7.05 Å². The summed E-state index contributed by atoms with van der Waals surface area (Å²) < 4.78 is 5.38. The number of nitrogens with one attached hydrogen (secondary N) is 2. The lowest BCUT2D eigenvalue weighted by molar-refractivity contribution is 0.410. The molecule has 0 atom stereocenters. The molecule has 1 aromatic carbocycles. The first-order chi connectivity index (χ1) is 10.7. The molecule has 1 saturated carbocycles. The Hall–Kier alpha value is -1.71. The zero-order valence-corrected chi connectivity index (χ0v) is 14.1. The molecule has 0 amide bonds. The zero-order valence-electron chi connectivity index (χ0n) is 14.1. The van der Waals surface area contributed by atoms with Crippen molar-refractivity contribution in [2.75, 3.05) is 20.7 Å². The summed E-state index contributed by atoms with van der Waals surface area (Å²) >= 11 is 0. The zero-order chi connectivity index (χ0) is 15.8. The second-order valence-corrected chi connectivity index (χ2v) is 6.03. The number of methoxy groups -OCH3 is 1. The number of aliphatic imine (C=N–C) groups is 1. The number of guanidine groups is 1. The van der Waals surface area contributed by atoms with Crippen molar-refractivity contribution in [1.82, 2.24) is 10.6 Å². The minimum Gasteiger partial charge on any atom is -0.496 e. The molecule has 1 fully saturated rings. The standard InChI is InChI=1S/C18H29N3O/c1-14-9-10-15(13-17(14)22-3)11-12-20-18(19-2)21-16-7-5-4-6-8-16/h9-10,13,16H,4-8,11-12H2,1-3H3,(H2,19,20,21). The van der Waals surface area contributed by atoms with E-state index in [0.29, 0.717) is 6.04 Å². The molecule has 0 aromatic heterocycles. The van der Waals surface area contributed by atoms with Crippen LogP contribution in [0, 0.1) is 6.92 Å². The molecule has 122 valence electrons. The van der Waals surface area contributed by atoms with E-state index < -0.39 is 0 Å². The Bertz CT molecular complexity index is 493. The van der Waals surface area contributed by atoms with Gasteiger partial charge in [0.05, 0.1) is 7.11 Å². The smallest absolute Gasteiger partial charge is 0.191 e. The van der Waals surface area contributed by atoms with Gasteiger partial charge in [0.1, 0.15) is 5.75 Å². The highest BCUT2D eigenvalue weighted by molar-refractivity contribution is 5.79. The number of ether oxygens (including phenoxy) is 1. The maximum absolute atomic E-state index is 5.38. The molecule has 0 unspecified atom stereocenters. The first-order valence-corrected chi connectivity index (χ1v) is 8.33. The van der Waals surface area contributed by atoms with Gasteiger partial charge >= 0.3 is 0 Å². The Kier molecular flexibility index (Phi) is 6.56. The minimum absolute atomic E-state index is 0.583. The van der Waals surface area contributed by atoms with Crippen LogP contribution in [0.25, 0.3) is 0 Å². The van der Waals surface area contributed by atoms with E-state index >= 15 is 0 Å². The van der Waals surface area contributed by atoms with Crippen LogP contribution in [0.5, 0.6) is 5.75 Å². The van der Waals surface area contributed by atoms with Crippen molar-refractivity contribution in [3.63, 3.8) is 0 Å². The second-order valence-electron chi connectivity index (χ2n) is 6.03. The van der Waals surface area contributed by atoms with Crippen molar-refractivity contribution in [3.8, 4) is 5.75 Å². The van der Waals surface area contributed by atoms with Gasteiger partial charge in [-0.3, -0.25) is 4.99 Å². The van der Waals surface area contributed by atoms with E-state index in [1.54, 1.807) is 7.11 Å². The van der Waals surface area contributed by atoms with Crippen LogP contribution in [0.4, 0.5) is 0 Å². The lowest BCUT2D eigenvalue weighted by Gasteiger charge is -2.24. The van der Waals surface area contributed by atoms with Gasteiger partial charge in [-0.25, -0.2) is 0 Å². The Morgan fingerprint density at radius 3 is 2.73 bits per heavy atom. The lowest BCUT2D eigenvalue weighted by Crippen LogP contribution is -2.44. The second kappa shape index (κ2) is 8.66. The van der Waals surface area contributed by atoms with Gasteiger partial charge in [-0.15, -0.1) is 0 Å². The largest absolute Gasteiger partial charge is 0.496 e. The first-order valence-electron chi connectivity index (χ1n) is 8.33. The molecular formula is C18H29N3O. The fourth-order valence-corrected chi connectivity index (χ4v) is 2.98. The molecule has 0 heterocycles. The van der Waals surface area contributed by atoms with Crippen molar-refractivity contribution < 1.29 is 4.74 Å². The maximum atomic E-state index is 5.38. The average molecular weight is 303 g/mol. The van der Waals surface area contributed by atoms with Gasteiger partial charge in [-0.05, 0) is 43.4 Å². The number of nitrogens with zero attached hydrogens (tertiary/aromatic N) is 1. The van der Waals surface area contributed by atoms with E-state index in [-0.39, 0.29) is 0 Å². The van der Waals surface area contributed by atoms with Gasteiger partial charge in [0, 0.05) is 19.6 Å². The predicted molar refractivity (Wildman–Crippen MR) is 92.8 cm³/mol. The summed E-state index contributed by atoms with van der Waals surface area (Å²) in [6, 6.07) is 6.98. The molecule has 0 radical (unpaired) electrons. The number of hydrogen-bond donors (Lipinski definition) is 2. The van der Waals surface area contributed by atoms with Crippen LogP contribution in [-0.4, -0.2) is 32.7 Å². The van der Waals surface area contributed by atoms with E-state index in [9.17, 15) is 0 Å². The summed E-state index contributed by atoms with van der Waals surface area (Å²) in [7, 11) is 3.56. The minimum atomic E-state index is 0.583. The molecule has 4 heteroatoms. The van der Waals surface area contributed by atoms with Gasteiger partial charge in [-0.1, -0.05) is 31.4 Å². The number of rotatable bonds is 5. The van der Waals surface area contributed by atoms with Crippen LogP contribution >= 0.6 is 0 Å². The summed E-state index contributed by atoms with van der Waals surface area (Å²) in [5.41, 5.74) is 2.46. The van der Waals surface area contributed by atoms with Gasteiger partial charge in [-0.2, -0.15) is 0 Å². The Balaban J connectivity index is 1.78. The molecule has 2 rings (SSSR count). The van der Waals surface area contributed by atoms with E-state index in [0.717, 1.165) is 24.7 Å². The number of benzene rings is 1. The summed E-state index contributed by atoms with van der Waals surface area (Å²) in [6.07, 6.45) is 7.52. The molecule has 1 aliphatic carbocycles. The van der Waals surface area contributed by atoms with E-state index in [4.69, 9.17) is 4.74 Å². The van der Waals surface area contributed by atoms with Gasteiger partial charge in [0.15, 0.2) is 5.96 Å². The number of aryl methyl sites for hydroxylation is 1. The summed E-state index contributed by atoms with van der Waals surface area (Å²) in [5, 5.41) is 6.95. The Labute approximate surface area is 134 Å². The number of hydrogen-bond acceptors (Lipinski definition) is 2. The fourth-order valence-electron chi connectivity index (χ4n) is 2.98. The van der Waals surface area contributed by atoms with Crippen molar-refractivity contribution in [2.45, 2.75) is 51.5 Å². The molecule has 0 saturated heterocycles. The van der Waals surface area contributed by atoms with Gasteiger partial charge in [0.25, 0.3) is 0 Å². The third-order valence-corrected chi connectivity index (χ3v) is 4.35. The molecule has 0 bridgehead atoms. The highest BCUT2D eigenvalue weighted by Crippen LogP contribution is 2.19. The SMILES string of the molecule is CN=C(NCCc1ccc(C)c(OC)c1)NC1CCCCC1. The van der Waals surface area contributed by atoms with Crippen LogP contribution in [0.1, 0.15) is 43.2 Å². The van der Waals surface area contributed by atoms with Crippen molar-refractivity contribution in [1.29, 1.82) is 0 Å². The van der Waals surface area contributed by atoms with Crippen molar-refractivity contribution in [2.24, 2.45) is 4.99 Å². The quantitative estimate of drug-likeness (QED) is 0.649. The molecule has 0 spiro atoms. The highest BCUT2D eigenvalue weighted by Gasteiger charge is 2.14. The summed E-state index contributed by atoms with van der Waals surface area (Å²) in [5.74, 6) is 1.88. The predicted octanol–water partition coefficient (Wildman–Crippen LogP) is 3.04. The summed E-state index contributed by atoms with van der Waals surface area (Å²) in [6.45, 7) is 2.94. The molecule has 4 nitrogen and oxygen atoms in total. The Morgan fingerprint density at radius 1 is 1.27 bits per heavy atom. The molecular weight excluding hydrogens is 274 g/mol. The average Bonchev–Trinajstić information content (AvgIpc) is 2.56. The summed E-state index contributed by atoms with van der Waals surface area (Å²) in [4.78, 5) is 4.33. The third-order valence-electron chi connectivity index (χ3n) is 4.35. The Morgan fingerprint density at radius 2 is 2.05 bits per heavy atom. The normalized spacial score (nSPS) is 16.4. The molecule has 22 heavy (non-hydrogen) atoms.